The number of esters is 3. The van der Waals surface area contributed by atoms with E-state index in [0.29, 0.717) is 52.9 Å². The fraction of sp³-hybridized carbons (Fsp3) is 0.705. The molecule has 13 rings (SSSR count). The molecule has 6 bridgehead atoms. The first-order chi connectivity index (χ1) is 50.0. The van der Waals surface area contributed by atoms with E-state index in [1.807, 2.05) is 64.1 Å². The molecule has 106 heavy (non-hydrogen) atoms. The average molecular weight is 1470 g/mol. The Labute approximate surface area is 628 Å². The minimum atomic E-state index is -2.05. The van der Waals surface area contributed by atoms with Crippen molar-refractivity contribution in [2.45, 2.75) is 260 Å². The zero-order valence-corrected chi connectivity index (χ0v) is 65.7. The first-order valence-corrected chi connectivity index (χ1v) is 40.0. The van der Waals surface area contributed by atoms with E-state index in [4.69, 9.17) is 18.9 Å². The molecule has 1 aromatic rings. The lowest BCUT2D eigenvalue weighted by Crippen LogP contribution is -2.65. The van der Waals surface area contributed by atoms with Crippen LogP contribution in [-0.2, 0) is 47.7 Å². The highest BCUT2D eigenvalue weighted by molar-refractivity contribution is 5.98. The number of hydrogen-bond donors (Lipinski definition) is 8. The molecule has 0 aliphatic heterocycles. The normalized spacial score (nSPS) is 41.0. The van der Waals surface area contributed by atoms with E-state index < -0.39 is 119 Å². The molecular weight excluding hydrogens is 1340 g/mol. The van der Waals surface area contributed by atoms with Gasteiger partial charge in [-0.1, -0.05) is 207 Å². The Morgan fingerprint density at radius 3 is 1.16 bits per heavy atom. The van der Waals surface area contributed by atoms with Gasteiger partial charge in [0.25, 0.3) is 0 Å². The van der Waals surface area contributed by atoms with Gasteiger partial charge in [-0.25, -0.2) is 4.79 Å². The summed E-state index contributed by atoms with van der Waals surface area (Å²) in [5.74, 6) is -2.71. The summed E-state index contributed by atoms with van der Waals surface area (Å²) in [5.41, 5.74) is -6.74. The van der Waals surface area contributed by atoms with Gasteiger partial charge in [-0.2, -0.15) is 0 Å². The van der Waals surface area contributed by atoms with Gasteiger partial charge in [-0.3, -0.25) is 24.0 Å². The third-order valence-corrected chi connectivity index (χ3v) is 29.2. The lowest BCUT2D eigenvalue weighted by molar-refractivity contribution is -0.203. The summed E-state index contributed by atoms with van der Waals surface area (Å²) in [6, 6.07) is 9.35. The van der Waals surface area contributed by atoms with Crippen LogP contribution in [-0.4, -0.2) is 156 Å². The lowest BCUT2D eigenvalue weighted by atomic mass is 9.59. The summed E-state index contributed by atoms with van der Waals surface area (Å²) >= 11 is 0. The maximum atomic E-state index is 14.4. The van der Waals surface area contributed by atoms with Crippen molar-refractivity contribution in [2.24, 2.45) is 104 Å². The maximum Gasteiger partial charge on any atom is 0.331 e. The first kappa shape index (κ1) is 81.4. The molecule has 0 heterocycles. The van der Waals surface area contributed by atoms with Gasteiger partial charge in [0.15, 0.2) is 52.5 Å². The van der Waals surface area contributed by atoms with Crippen molar-refractivity contribution >= 4 is 41.3 Å². The van der Waals surface area contributed by atoms with Crippen LogP contribution < -0.4 is 0 Å². The number of aliphatic hydroxyl groups excluding tert-OH is 5. The fourth-order valence-electron chi connectivity index (χ4n) is 23.3. The van der Waals surface area contributed by atoms with Crippen LogP contribution in [0.4, 0.5) is 0 Å². The van der Waals surface area contributed by atoms with Crippen molar-refractivity contribution in [2.75, 3.05) is 26.9 Å². The van der Waals surface area contributed by atoms with Crippen molar-refractivity contribution in [3.63, 3.8) is 0 Å². The molecule has 1 aromatic carbocycles. The number of carbonyl (C=O) groups excluding carboxylic acids is 6. The predicted molar refractivity (Wildman–Crippen MR) is 402 cm³/mol. The van der Waals surface area contributed by atoms with Gasteiger partial charge in [0.2, 0.25) is 0 Å². The van der Waals surface area contributed by atoms with Crippen LogP contribution in [0.1, 0.15) is 212 Å². The quantitative estimate of drug-likeness (QED) is 0.0166. The highest BCUT2D eigenvalue weighted by Gasteiger charge is 2.80. The Balaban J connectivity index is 0.000000159. The van der Waals surface area contributed by atoms with Crippen molar-refractivity contribution in [3.8, 4) is 0 Å². The Bertz CT molecular complexity index is 3760. The van der Waals surface area contributed by atoms with Gasteiger partial charge in [0.05, 0.1) is 36.1 Å². The van der Waals surface area contributed by atoms with E-state index in [2.05, 4.69) is 48.5 Å². The number of allylic oxidation sites excluding steroid dienone is 3. The van der Waals surface area contributed by atoms with Gasteiger partial charge in [-0.15, -0.1) is 0 Å². The van der Waals surface area contributed by atoms with Crippen LogP contribution in [0.25, 0.3) is 6.08 Å². The minimum Gasteiger partial charge on any atom is -0.455 e. The van der Waals surface area contributed by atoms with Crippen molar-refractivity contribution in [1.82, 2.24) is 0 Å². The van der Waals surface area contributed by atoms with Crippen LogP contribution in [0.5, 0.6) is 0 Å². The third-order valence-electron chi connectivity index (χ3n) is 29.2. The first-order valence-electron chi connectivity index (χ1n) is 40.0. The molecule has 0 saturated heterocycles. The molecule has 584 valence electrons. The number of fused-ring (bicyclic) bond motifs is 9. The number of methoxy groups -OCH3 is 1. The predicted octanol–water partition coefficient (Wildman–Crippen LogP) is 12.0. The second-order valence-corrected chi connectivity index (χ2v) is 36.2. The Morgan fingerprint density at radius 2 is 0.802 bits per heavy atom. The topological polar surface area (TPSA) is 301 Å². The summed E-state index contributed by atoms with van der Waals surface area (Å²) in [7, 11) is 1.52. The van der Waals surface area contributed by atoms with Crippen LogP contribution in [0.3, 0.4) is 0 Å². The molecule has 12 aliphatic rings. The number of benzene rings is 1. The monoisotopic (exact) mass is 1470 g/mol. The molecule has 18 nitrogen and oxygen atoms in total. The zero-order chi connectivity index (χ0) is 77.6. The van der Waals surface area contributed by atoms with Gasteiger partial charge in [-0.05, 0) is 167 Å². The van der Waals surface area contributed by atoms with Crippen LogP contribution >= 0.6 is 0 Å². The number of hydrogen-bond acceptors (Lipinski definition) is 18. The van der Waals surface area contributed by atoms with Crippen LogP contribution in [0, 0.1) is 104 Å². The zero-order valence-electron chi connectivity index (χ0n) is 65.7. The standard InChI is InChI=1S/C32H50O6.C30H36O6.C26H38O6/c1-6-7-8-9-10-11-12-13-14-15-25(34)38-29-20(2)18-31-21(3)16-24-26(30(24,4)5)23(28(31)36)17-22(19-33)27(35)32(29,31)37;1-17-15-29-18(2)13-22-24(28(22,3)4)21(26(29)33)14-20(16-35-5)25(32)30(29,34)27(17)36-23(31)12-11-19-9-7-6-8-10-19;1-6-7-8-9-19(28)32-23-14(2)12-25-15(3)10-18-20(24(18,4)5)17(22(25)30)11-16(13-27)21(29)26(23,25)31/h17-18,21,23-24,26-27,29,33,35,37H,6-16,19H2,1-5H3;6-12,14-15,18,21-22,24-25,27,32,34H,13,16H2,1-5H3;11-12,15,17-18,20-21,23,27,29,31H,6-10,13H2,1-5H3/b;12-11+;/t21-,23+,24-,26+,27-,29+,31+,32+;18-,21+,22-,24+,25-,27+,29+,30+;15-,17+,18-,20+,21-,23+,25+,26+/m111/s1. The molecule has 0 aromatic heterocycles. The highest BCUT2D eigenvalue weighted by Crippen LogP contribution is 2.75. The third kappa shape index (κ3) is 12.8. The van der Waals surface area contributed by atoms with Crippen molar-refractivity contribution in [3.05, 3.63) is 112 Å². The smallest absolute Gasteiger partial charge is 0.331 e. The van der Waals surface area contributed by atoms with Gasteiger partial charge in [0, 0.05) is 43.8 Å². The molecular formula is C88H124O18. The minimum absolute atomic E-state index is 0.00372. The molecule has 0 amide bonds. The van der Waals surface area contributed by atoms with E-state index in [1.165, 1.54) is 51.7 Å². The lowest BCUT2D eigenvalue weighted by Gasteiger charge is -2.48. The van der Waals surface area contributed by atoms with Crippen molar-refractivity contribution < 1.29 is 88.6 Å². The Hall–Kier alpha value is -5.54. The Kier molecular flexibility index (Phi) is 23.3. The largest absolute Gasteiger partial charge is 0.455 e. The molecule has 8 N–H and O–H groups in total. The van der Waals surface area contributed by atoms with E-state index in [-0.39, 0.29) is 99.7 Å². The number of rotatable bonds is 23. The Morgan fingerprint density at radius 1 is 0.481 bits per heavy atom. The van der Waals surface area contributed by atoms with Gasteiger partial charge < -0.3 is 59.8 Å². The second kappa shape index (κ2) is 30.3. The van der Waals surface area contributed by atoms with Crippen LogP contribution in [0.15, 0.2) is 106 Å². The van der Waals surface area contributed by atoms with E-state index >= 15 is 0 Å². The molecule has 0 unspecified atom stereocenters. The SMILES string of the molecule is CCCCCC(=O)O[C@H]1C(C)=C[C@]23C(=O)[C@@H](C=C(CO)[C@@H](O)[C@]12O)[C@H]1[C@@H](C[C@H]3C)C1(C)C.CCCCCCCCCCCC(=O)O[C@H]1C(C)=C[C@]23C(=O)[C@@H](C=C(CO)[C@@H](O)[C@]12O)[C@H]1[C@@H](C[C@H]3C)C1(C)C.COCC1=C[C@@H]2C(=O)[C@]3(C=C(C)[C@H](OC(=O)/C=C/c4ccccc4)[C@@]3(O)[C@@H]1O)[C@H](C)C[C@@H]1[C@H]2C1(C)C. The summed E-state index contributed by atoms with van der Waals surface area (Å²) in [5, 5.41) is 92.2. The number of unbranched alkanes of at least 4 members (excludes halogenated alkanes) is 10. The number of aliphatic hydroxyl groups is 8. The molecule has 24 atom stereocenters. The number of carbonyl (C=O) groups is 6. The van der Waals surface area contributed by atoms with Crippen molar-refractivity contribution in [1.29, 1.82) is 0 Å². The molecule has 0 radical (unpaired) electrons. The van der Waals surface area contributed by atoms with E-state index in [9.17, 15) is 69.6 Å². The summed E-state index contributed by atoms with van der Waals surface area (Å²) in [6.45, 7) is 27.7. The fourth-order valence-corrected chi connectivity index (χ4v) is 23.3. The molecule has 12 aliphatic carbocycles. The van der Waals surface area contributed by atoms with Gasteiger partial charge in [0.1, 0.15) is 18.3 Å². The molecule has 18 heteroatoms. The highest BCUT2D eigenvalue weighted by atomic mass is 16.6. The number of ether oxygens (including phenoxy) is 4. The summed E-state index contributed by atoms with van der Waals surface area (Å²) in [4.78, 5) is 81.5. The number of Topliss-reactive ketones (excluding diaryl/α,β-unsaturated/α-hetero) is 3. The van der Waals surface area contributed by atoms with Crippen LogP contribution in [0.2, 0.25) is 0 Å². The second-order valence-electron chi connectivity index (χ2n) is 36.2. The van der Waals surface area contributed by atoms with E-state index in [0.717, 1.165) is 50.5 Å². The molecule has 6 fully saturated rings. The number of ketones is 3. The molecule has 3 spiro atoms. The summed E-state index contributed by atoms with van der Waals surface area (Å²) < 4.78 is 22.9. The average Bonchev–Trinajstić information content (AvgIpc) is 1.51. The maximum absolute atomic E-state index is 14.4. The van der Waals surface area contributed by atoms with Gasteiger partial charge >= 0.3 is 17.9 Å². The summed E-state index contributed by atoms with van der Waals surface area (Å²) in [6.07, 6.45) is 21.2. The van der Waals surface area contributed by atoms with E-state index in [1.54, 1.807) is 57.2 Å². The molecule has 6 saturated carbocycles.